The van der Waals surface area contributed by atoms with Gasteiger partial charge in [0.25, 0.3) is 5.91 Å². The summed E-state index contributed by atoms with van der Waals surface area (Å²) in [5, 5.41) is 0. The smallest absolute Gasteiger partial charge is 0.343 e. The van der Waals surface area contributed by atoms with Crippen LogP contribution in [-0.4, -0.2) is 43.2 Å². The third-order valence-corrected chi connectivity index (χ3v) is 5.57. The summed E-state index contributed by atoms with van der Waals surface area (Å²) >= 11 is 1.56. The van der Waals surface area contributed by atoms with Crippen molar-refractivity contribution in [1.82, 2.24) is 4.90 Å². The van der Waals surface area contributed by atoms with Crippen LogP contribution in [0.25, 0.3) is 0 Å². The molecule has 28 heavy (non-hydrogen) atoms. The van der Waals surface area contributed by atoms with Crippen molar-refractivity contribution in [1.29, 1.82) is 0 Å². The lowest BCUT2D eigenvalue weighted by molar-refractivity contribution is -0.142. The number of rotatable bonds is 6. The van der Waals surface area contributed by atoms with Gasteiger partial charge in [-0.3, -0.25) is 4.79 Å². The minimum atomic E-state index is -0.961. The van der Waals surface area contributed by atoms with Crippen molar-refractivity contribution in [3.63, 3.8) is 0 Å². The maximum Gasteiger partial charge on any atom is 0.343 e. The number of hydrogen-bond acceptors (Lipinski definition) is 5. The monoisotopic (exact) mass is 399 g/mol. The van der Waals surface area contributed by atoms with E-state index in [1.165, 1.54) is 7.11 Å². The number of esters is 1. The first-order valence-corrected chi connectivity index (χ1v) is 10.6. The van der Waals surface area contributed by atoms with Crippen LogP contribution in [0.3, 0.4) is 0 Å². The summed E-state index contributed by atoms with van der Waals surface area (Å²) in [6, 6.07) is 14.5. The first-order valence-electron chi connectivity index (χ1n) is 9.40. The van der Waals surface area contributed by atoms with Gasteiger partial charge in [-0.15, -0.1) is 11.8 Å². The number of ether oxygens (including phenoxy) is 2. The van der Waals surface area contributed by atoms with Crippen molar-refractivity contribution in [3.05, 3.63) is 59.7 Å². The summed E-state index contributed by atoms with van der Waals surface area (Å²) in [6.07, 6.45) is 4.07. The zero-order valence-electron chi connectivity index (χ0n) is 16.2. The first kappa shape index (κ1) is 20.3. The maximum atomic E-state index is 13.1. The Bertz CT molecular complexity index is 819. The largest absolute Gasteiger partial charge is 0.496 e. The van der Waals surface area contributed by atoms with Crippen molar-refractivity contribution in [2.45, 2.75) is 30.3 Å². The number of piperidine rings is 1. The van der Waals surface area contributed by atoms with Gasteiger partial charge in [0.15, 0.2) is 0 Å². The molecule has 5 nitrogen and oxygen atoms in total. The van der Waals surface area contributed by atoms with Crippen molar-refractivity contribution < 1.29 is 19.1 Å². The van der Waals surface area contributed by atoms with Crippen molar-refractivity contribution in [2.24, 2.45) is 0 Å². The molecule has 2 aromatic carbocycles. The molecule has 3 rings (SSSR count). The number of benzene rings is 2. The molecule has 1 aliphatic rings. The van der Waals surface area contributed by atoms with E-state index in [2.05, 4.69) is 0 Å². The van der Waals surface area contributed by atoms with Crippen LogP contribution in [0.5, 0.6) is 5.75 Å². The van der Waals surface area contributed by atoms with Crippen LogP contribution >= 0.6 is 11.8 Å². The molecule has 1 heterocycles. The Labute approximate surface area is 170 Å². The van der Waals surface area contributed by atoms with Crippen LogP contribution in [0.2, 0.25) is 0 Å². The Hall–Kier alpha value is -2.47. The molecule has 0 radical (unpaired) electrons. The number of nitrogens with zero attached hydrogens (tertiary/aromatic N) is 1. The highest BCUT2D eigenvalue weighted by molar-refractivity contribution is 7.98. The fraction of sp³-hybridized carbons (Fsp3) is 0.364. The molecule has 1 fully saturated rings. The van der Waals surface area contributed by atoms with Gasteiger partial charge in [-0.2, -0.15) is 0 Å². The quantitative estimate of drug-likeness (QED) is 0.535. The molecule has 0 bridgehead atoms. The lowest BCUT2D eigenvalue weighted by Gasteiger charge is -2.30. The molecule has 2 aromatic rings. The Morgan fingerprint density at radius 2 is 1.75 bits per heavy atom. The molecule has 1 amide bonds. The van der Waals surface area contributed by atoms with E-state index in [1.807, 2.05) is 42.7 Å². The second-order valence-electron chi connectivity index (χ2n) is 6.65. The molecule has 1 aliphatic heterocycles. The van der Waals surface area contributed by atoms with E-state index in [-0.39, 0.29) is 5.91 Å². The Balaban J connectivity index is 1.87. The van der Waals surface area contributed by atoms with E-state index >= 15 is 0 Å². The minimum absolute atomic E-state index is 0.168. The number of likely N-dealkylation sites (tertiary alicyclic amines) is 1. The third-order valence-electron chi connectivity index (χ3n) is 4.85. The Morgan fingerprint density at radius 3 is 2.39 bits per heavy atom. The average molecular weight is 400 g/mol. The van der Waals surface area contributed by atoms with Gasteiger partial charge in [0.05, 0.1) is 7.11 Å². The lowest BCUT2D eigenvalue weighted by Crippen LogP contribution is -2.40. The van der Waals surface area contributed by atoms with Crippen molar-refractivity contribution in [2.75, 3.05) is 26.5 Å². The van der Waals surface area contributed by atoms with E-state index in [9.17, 15) is 9.59 Å². The molecule has 0 unspecified atom stereocenters. The van der Waals surface area contributed by atoms with Crippen LogP contribution in [0.15, 0.2) is 53.4 Å². The molecular weight excluding hydrogens is 374 g/mol. The number of amides is 1. The van der Waals surface area contributed by atoms with E-state index < -0.39 is 12.1 Å². The molecule has 6 heteroatoms. The molecule has 0 N–H and O–H groups in total. The molecular formula is C22H25NO4S. The van der Waals surface area contributed by atoms with Crippen LogP contribution < -0.4 is 4.74 Å². The second-order valence-corrected chi connectivity index (χ2v) is 7.53. The highest BCUT2D eigenvalue weighted by atomic mass is 32.2. The SMILES string of the molecule is COc1cc(SC)ccc1C(=O)O[C@H](C(=O)N1CCCCC1)c1ccccc1. The zero-order chi connectivity index (χ0) is 19.9. The molecule has 148 valence electrons. The van der Waals surface area contributed by atoms with Crippen molar-refractivity contribution >= 4 is 23.6 Å². The van der Waals surface area contributed by atoms with Gasteiger partial charge in [-0.25, -0.2) is 4.79 Å². The maximum absolute atomic E-state index is 13.1. The summed E-state index contributed by atoms with van der Waals surface area (Å²) < 4.78 is 11.1. The highest BCUT2D eigenvalue weighted by Crippen LogP contribution is 2.29. The number of methoxy groups -OCH3 is 1. The van der Waals surface area contributed by atoms with Gasteiger partial charge < -0.3 is 14.4 Å². The molecule has 0 spiro atoms. The topological polar surface area (TPSA) is 55.8 Å². The standard InChI is InChI=1S/C22H25NO4S/c1-26-19-15-17(28-2)11-12-18(19)22(25)27-20(16-9-5-3-6-10-16)21(24)23-13-7-4-8-14-23/h3,5-6,9-12,15,20H,4,7-8,13-14H2,1-2H3/t20-/m0/s1. The Morgan fingerprint density at radius 1 is 1.04 bits per heavy atom. The van der Waals surface area contributed by atoms with Crippen LogP contribution in [-0.2, 0) is 9.53 Å². The Kier molecular flexibility index (Phi) is 6.98. The second kappa shape index (κ2) is 9.64. The number of carbonyl (C=O) groups excluding carboxylic acids is 2. The number of carbonyl (C=O) groups is 2. The first-order chi connectivity index (χ1) is 13.6. The van der Waals surface area contributed by atoms with Gasteiger partial charge in [0.2, 0.25) is 6.10 Å². The fourth-order valence-electron chi connectivity index (χ4n) is 3.31. The van der Waals surface area contributed by atoms with E-state index in [0.29, 0.717) is 30.0 Å². The average Bonchev–Trinajstić information content (AvgIpc) is 2.77. The summed E-state index contributed by atoms with van der Waals surface area (Å²) in [6.45, 7) is 1.40. The van der Waals surface area contributed by atoms with E-state index in [1.54, 1.807) is 28.8 Å². The fourth-order valence-corrected chi connectivity index (χ4v) is 3.74. The number of thioether (sulfide) groups is 1. The lowest BCUT2D eigenvalue weighted by atomic mass is 10.1. The number of hydrogen-bond donors (Lipinski definition) is 0. The third kappa shape index (κ3) is 4.68. The van der Waals surface area contributed by atoms with Gasteiger partial charge in [0.1, 0.15) is 11.3 Å². The predicted molar refractivity (Wildman–Crippen MR) is 110 cm³/mol. The van der Waals surface area contributed by atoms with Crippen LogP contribution in [0.1, 0.15) is 41.3 Å². The highest BCUT2D eigenvalue weighted by Gasteiger charge is 2.31. The molecule has 0 aromatic heterocycles. The van der Waals surface area contributed by atoms with Crippen LogP contribution in [0.4, 0.5) is 0 Å². The van der Waals surface area contributed by atoms with Gasteiger partial charge in [0, 0.05) is 23.5 Å². The normalized spacial score (nSPS) is 15.0. The summed E-state index contributed by atoms with van der Waals surface area (Å²) in [5.74, 6) is -0.295. The summed E-state index contributed by atoms with van der Waals surface area (Å²) in [4.78, 5) is 28.8. The van der Waals surface area contributed by atoms with Gasteiger partial charge in [-0.05, 0) is 43.7 Å². The predicted octanol–water partition coefficient (Wildman–Crippen LogP) is 4.33. The van der Waals surface area contributed by atoms with E-state index in [4.69, 9.17) is 9.47 Å². The molecule has 1 atom stereocenters. The van der Waals surface area contributed by atoms with Gasteiger partial charge >= 0.3 is 5.97 Å². The van der Waals surface area contributed by atoms with E-state index in [0.717, 1.165) is 24.2 Å². The molecule has 1 saturated heterocycles. The zero-order valence-corrected chi connectivity index (χ0v) is 17.0. The summed E-state index contributed by atoms with van der Waals surface area (Å²) in [5.41, 5.74) is 0.985. The molecule has 0 saturated carbocycles. The molecule has 0 aliphatic carbocycles. The minimum Gasteiger partial charge on any atom is -0.496 e. The van der Waals surface area contributed by atoms with Gasteiger partial charge in [-0.1, -0.05) is 30.3 Å². The van der Waals surface area contributed by atoms with Crippen molar-refractivity contribution in [3.8, 4) is 5.75 Å². The summed E-state index contributed by atoms with van der Waals surface area (Å²) in [7, 11) is 1.52. The van der Waals surface area contributed by atoms with Crippen LogP contribution in [0, 0.1) is 0 Å².